The molecule has 1 saturated heterocycles. The van der Waals surface area contributed by atoms with Gasteiger partial charge in [0.2, 0.25) is 0 Å². The lowest BCUT2D eigenvalue weighted by atomic mass is 10.0. The molecule has 2 rings (SSSR count). The minimum absolute atomic E-state index is 0.0412. The molecule has 1 unspecified atom stereocenters. The maximum absolute atomic E-state index is 13.6. The summed E-state index contributed by atoms with van der Waals surface area (Å²) in [5, 5.41) is 12.6. The van der Waals surface area contributed by atoms with Crippen LogP contribution in [0.3, 0.4) is 0 Å². The van der Waals surface area contributed by atoms with Crippen molar-refractivity contribution in [2.45, 2.75) is 18.9 Å². The minimum atomic E-state index is -0.382. The Morgan fingerprint density at radius 2 is 2.33 bits per heavy atom. The molecule has 1 aromatic carbocycles. The standard InChI is InChI=1S/C11H14FNO2/c1-15-11-5-7(8(12)6-10(11)14)9-3-2-4-13-9/h5-6,9,13-14H,2-4H2,1H3. The monoisotopic (exact) mass is 211 g/mol. The van der Waals surface area contributed by atoms with Gasteiger partial charge < -0.3 is 15.2 Å². The van der Waals surface area contributed by atoms with E-state index in [0.29, 0.717) is 11.3 Å². The van der Waals surface area contributed by atoms with Gasteiger partial charge in [-0.05, 0) is 25.5 Å². The van der Waals surface area contributed by atoms with Crippen molar-refractivity contribution in [2.75, 3.05) is 13.7 Å². The summed E-state index contributed by atoms with van der Waals surface area (Å²) < 4.78 is 18.5. The summed E-state index contributed by atoms with van der Waals surface area (Å²) in [6.45, 7) is 0.910. The van der Waals surface area contributed by atoms with Gasteiger partial charge in [-0.15, -0.1) is 0 Å². The number of halogens is 1. The van der Waals surface area contributed by atoms with Gasteiger partial charge in [0.05, 0.1) is 7.11 Å². The molecule has 1 aromatic rings. The fourth-order valence-electron chi connectivity index (χ4n) is 1.94. The van der Waals surface area contributed by atoms with Crippen molar-refractivity contribution in [1.29, 1.82) is 0 Å². The molecule has 1 heterocycles. The van der Waals surface area contributed by atoms with Crippen LogP contribution in [0.25, 0.3) is 0 Å². The lowest BCUT2D eigenvalue weighted by Gasteiger charge is -2.13. The van der Waals surface area contributed by atoms with Crippen LogP contribution in [0.4, 0.5) is 4.39 Å². The second kappa shape index (κ2) is 4.06. The quantitative estimate of drug-likeness (QED) is 0.785. The molecule has 1 atom stereocenters. The van der Waals surface area contributed by atoms with Crippen LogP contribution in [-0.2, 0) is 0 Å². The highest BCUT2D eigenvalue weighted by Crippen LogP contribution is 2.34. The average molecular weight is 211 g/mol. The second-order valence-corrected chi connectivity index (χ2v) is 3.69. The third-order valence-corrected chi connectivity index (χ3v) is 2.73. The van der Waals surface area contributed by atoms with Crippen LogP contribution >= 0.6 is 0 Å². The Labute approximate surface area is 87.9 Å². The van der Waals surface area contributed by atoms with Gasteiger partial charge >= 0.3 is 0 Å². The van der Waals surface area contributed by atoms with Gasteiger partial charge in [-0.3, -0.25) is 0 Å². The second-order valence-electron chi connectivity index (χ2n) is 3.69. The molecule has 4 heteroatoms. The number of rotatable bonds is 2. The fourth-order valence-corrected chi connectivity index (χ4v) is 1.94. The summed E-state index contributed by atoms with van der Waals surface area (Å²) in [6, 6.07) is 2.71. The van der Waals surface area contributed by atoms with Gasteiger partial charge in [-0.25, -0.2) is 4.39 Å². The topological polar surface area (TPSA) is 41.5 Å². The molecule has 82 valence electrons. The summed E-state index contributed by atoms with van der Waals surface area (Å²) in [5.74, 6) is -0.218. The van der Waals surface area contributed by atoms with E-state index in [0.717, 1.165) is 25.5 Å². The minimum Gasteiger partial charge on any atom is -0.504 e. The molecule has 0 amide bonds. The lowest BCUT2D eigenvalue weighted by Crippen LogP contribution is -2.14. The predicted octanol–water partition coefficient (Wildman–Crippen LogP) is 1.96. The van der Waals surface area contributed by atoms with Crippen molar-refractivity contribution in [2.24, 2.45) is 0 Å². The number of phenols is 1. The van der Waals surface area contributed by atoms with Crippen molar-refractivity contribution in [3.63, 3.8) is 0 Å². The predicted molar refractivity (Wildman–Crippen MR) is 54.6 cm³/mol. The van der Waals surface area contributed by atoms with E-state index >= 15 is 0 Å². The Morgan fingerprint density at radius 1 is 1.53 bits per heavy atom. The molecule has 3 nitrogen and oxygen atoms in total. The van der Waals surface area contributed by atoms with Crippen LogP contribution in [0.1, 0.15) is 24.4 Å². The number of phenolic OH excluding ortho intramolecular Hbond substituents is 1. The summed E-state index contributed by atoms with van der Waals surface area (Å²) in [6.07, 6.45) is 1.97. The SMILES string of the molecule is COc1cc(C2CCCN2)c(F)cc1O. The number of aromatic hydroxyl groups is 1. The molecular weight excluding hydrogens is 197 g/mol. The normalized spacial score (nSPS) is 20.5. The van der Waals surface area contributed by atoms with Gasteiger partial charge in [0.25, 0.3) is 0 Å². The molecule has 15 heavy (non-hydrogen) atoms. The highest BCUT2D eigenvalue weighted by atomic mass is 19.1. The van der Waals surface area contributed by atoms with E-state index in [1.54, 1.807) is 6.07 Å². The third-order valence-electron chi connectivity index (χ3n) is 2.73. The van der Waals surface area contributed by atoms with E-state index in [1.807, 2.05) is 0 Å². The highest BCUT2D eigenvalue weighted by Gasteiger charge is 2.21. The van der Waals surface area contributed by atoms with E-state index in [2.05, 4.69) is 5.32 Å². The molecule has 0 spiro atoms. The van der Waals surface area contributed by atoms with Crippen molar-refractivity contribution in [1.82, 2.24) is 5.32 Å². The van der Waals surface area contributed by atoms with Gasteiger partial charge in [0.15, 0.2) is 11.5 Å². The maximum Gasteiger partial charge on any atom is 0.161 e. The Balaban J connectivity index is 2.37. The van der Waals surface area contributed by atoms with Gasteiger partial charge in [-0.2, -0.15) is 0 Å². The van der Waals surface area contributed by atoms with E-state index in [4.69, 9.17) is 4.74 Å². The summed E-state index contributed by atoms with van der Waals surface area (Å²) in [7, 11) is 1.46. The molecule has 0 aliphatic carbocycles. The summed E-state index contributed by atoms with van der Waals surface area (Å²) >= 11 is 0. The smallest absolute Gasteiger partial charge is 0.161 e. The number of hydrogen-bond donors (Lipinski definition) is 2. The molecule has 1 fully saturated rings. The molecule has 0 radical (unpaired) electrons. The van der Waals surface area contributed by atoms with E-state index in [-0.39, 0.29) is 17.6 Å². The molecule has 2 N–H and O–H groups in total. The Bertz CT molecular complexity index is 362. The van der Waals surface area contributed by atoms with Crippen LogP contribution in [0, 0.1) is 5.82 Å². The lowest BCUT2D eigenvalue weighted by molar-refractivity contribution is 0.368. The summed E-state index contributed by atoms with van der Waals surface area (Å²) in [4.78, 5) is 0. The first-order valence-corrected chi connectivity index (χ1v) is 5.02. The first kappa shape index (κ1) is 10.2. The van der Waals surface area contributed by atoms with Crippen molar-refractivity contribution in [3.8, 4) is 11.5 Å². The fraction of sp³-hybridized carbons (Fsp3) is 0.455. The Hall–Kier alpha value is -1.29. The van der Waals surface area contributed by atoms with Crippen molar-refractivity contribution in [3.05, 3.63) is 23.5 Å². The highest BCUT2D eigenvalue weighted by molar-refractivity contribution is 5.43. The van der Waals surface area contributed by atoms with Gasteiger partial charge in [0, 0.05) is 17.7 Å². The van der Waals surface area contributed by atoms with Gasteiger partial charge in [-0.1, -0.05) is 0 Å². The first-order valence-electron chi connectivity index (χ1n) is 5.02. The number of nitrogens with one attached hydrogen (secondary N) is 1. The molecule has 1 aliphatic heterocycles. The Kier molecular flexibility index (Phi) is 2.77. The summed E-state index contributed by atoms with van der Waals surface area (Å²) in [5.41, 5.74) is 0.571. The first-order chi connectivity index (χ1) is 7.22. The third kappa shape index (κ3) is 1.90. The van der Waals surface area contributed by atoms with Crippen LogP contribution < -0.4 is 10.1 Å². The van der Waals surface area contributed by atoms with E-state index < -0.39 is 0 Å². The van der Waals surface area contributed by atoms with Crippen LogP contribution in [0.15, 0.2) is 12.1 Å². The number of methoxy groups -OCH3 is 1. The molecule has 0 saturated carbocycles. The van der Waals surface area contributed by atoms with E-state index in [1.165, 1.54) is 7.11 Å². The van der Waals surface area contributed by atoms with E-state index in [9.17, 15) is 9.50 Å². The Morgan fingerprint density at radius 3 is 2.93 bits per heavy atom. The van der Waals surface area contributed by atoms with Crippen molar-refractivity contribution < 1.29 is 14.2 Å². The number of benzene rings is 1. The molecule has 1 aliphatic rings. The largest absolute Gasteiger partial charge is 0.504 e. The number of ether oxygens (including phenoxy) is 1. The van der Waals surface area contributed by atoms with Gasteiger partial charge in [0.1, 0.15) is 5.82 Å². The molecular formula is C11H14FNO2. The zero-order chi connectivity index (χ0) is 10.8. The molecule has 0 bridgehead atoms. The maximum atomic E-state index is 13.6. The molecule has 0 aromatic heterocycles. The number of hydrogen-bond acceptors (Lipinski definition) is 3. The van der Waals surface area contributed by atoms with Crippen LogP contribution in [-0.4, -0.2) is 18.8 Å². The van der Waals surface area contributed by atoms with Crippen LogP contribution in [0.2, 0.25) is 0 Å². The average Bonchev–Trinajstić information content (AvgIpc) is 2.71. The zero-order valence-electron chi connectivity index (χ0n) is 8.59. The van der Waals surface area contributed by atoms with Crippen LogP contribution in [0.5, 0.6) is 11.5 Å². The van der Waals surface area contributed by atoms with Crippen molar-refractivity contribution >= 4 is 0 Å². The zero-order valence-corrected chi connectivity index (χ0v) is 8.59.